The van der Waals surface area contributed by atoms with Gasteiger partial charge in [0.05, 0.1) is 0 Å². The molecule has 2 nitrogen and oxygen atoms in total. The summed E-state index contributed by atoms with van der Waals surface area (Å²) < 4.78 is 0. The van der Waals surface area contributed by atoms with Crippen LogP contribution in [-0.4, -0.2) is 30.1 Å². The topological polar surface area (TPSA) is 15.3 Å². The number of aryl methyl sites for hydroxylation is 1. The normalized spacial score (nSPS) is 29.4. The van der Waals surface area contributed by atoms with Gasteiger partial charge in [-0.15, -0.1) is 0 Å². The van der Waals surface area contributed by atoms with Crippen LogP contribution >= 0.6 is 0 Å². The maximum absolute atomic E-state index is 3.59. The second kappa shape index (κ2) is 4.67. The molecular formula is C16H24N2. The molecule has 0 aromatic heterocycles. The zero-order chi connectivity index (χ0) is 12.6. The molecule has 1 aromatic rings. The molecule has 0 spiro atoms. The Bertz CT molecular complexity index is 425. The molecule has 18 heavy (non-hydrogen) atoms. The highest BCUT2D eigenvalue weighted by molar-refractivity contribution is 5.26. The highest BCUT2D eigenvalue weighted by atomic mass is 15.3. The van der Waals surface area contributed by atoms with Crippen molar-refractivity contribution in [3.63, 3.8) is 0 Å². The van der Waals surface area contributed by atoms with Gasteiger partial charge in [0.15, 0.2) is 0 Å². The quantitative estimate of drug-likeness (QED) is 0.879. The van der Waals surface area contributed by atoms with Crippen molar-refractivity contribution in [3.05, 3.63) is 35.4 Å². The zero-order valence-electron chi connectivity index (χ0n) is 11.6. The molecule has 98 valence electrons. The maximum atomic E-state index is 3.59. The van der Waals surface area contributed by atoms with Crippen LogP contribution in [0, 0.1) is 12.8 Å². The van der Waals surface area contributed by atoms with E-state index in [4.69, 9.17) is 0 Å². The van der Waals surface area contributed by atoms with E-state index in [1.807, 2.05) is 0 Å². The van der Waals surface area contributed by atoms with Gasteiger partial charge < -0.3 is 5.32 Å². The van der Waals surface area contributed by atoms with Crippen LogP contribution in [0.15, 0.2) is 24.3 Å². The molecule has 1 aliphatic carbocycles. The lowest BCUT2D eigenvalue weighted by Gasteiger charge is -2.46. The third-order valence-electron chi connectivity index (χ3n) is 4.84. The van der Waals surface area contributed by atoms with Gasteiger partial charge in [0.25, 0.3) is 0 Å². The molecule has 1 saturated carbocycles. The minimum absolute atomic E-state index is 0.376. The molecule has 1 aliphatic heterocycles. The fourth-order valence-corrected chi connectivity index (χ4v) is 3.28. The van der Waals surface area contributed by atoms with Crippen molar-refractivity contribution in [2.24, 2.45) is 5.92 Å². The first-order valence-corrected chi connectivity index (χ1v) is 7.20. The van der Waals surface area contributed by atoms with E-state index in [1.165, 1.54) is 30.5 Å². The molecule has 1 unspecified atom stereocenters. The highest BCUT2D eigenvalue weighted by Gasteiger charge is 2.46. The summed E-state index contributed by atoms with van der Waals surface area (Å²) in [6.07, 6.45) is 2.84. The lowest BCUT2D eigenvalue weighted by Crippen LogP contribution is -2.60. The molecule has 0 amide bonds. The van der Waals surface area contributed by atoms with Crippen molar-refractivity contribution in [1.29, 1.82) is 0 Å². The average molecular weight is 244 g/mol. The average Bonchev–Trinajstić information content (AvgIpc) is 3.19. The Morgan fingerprint density at radius 3 is 2.83 bits per heavy atom. The molecule has 2 heteroatoms. The Morgan fingerprint density at radius 2 is 2.11 bits per heavy atom. The number of rotatable bonds is 3. The van der Waals surface area contributed by atoms with Crippen molar-refractivity contribution >= 4 is 0 Å². The van der Waals surface area contributed by atoms with Gasteiger partial charge in [-0.2, -0.15) is 0 Å². The molecule has 0 bridgehead atoms. The van der Waals surface area contributed by atoms with Gasteiger partial charge in [-0.05, 0) is 43.7 Å². The summed E-state index contributed by atoms with van der Waals surface area (Å²) in [6, 6.07) is 8.81. The number of hydrogen-bond acceptors (Lipinski definition) is 2. The number of nitrogens with zero attached hydrogens (tertiary/aromatic N) is 1. The summed E-state index contributed by atoms with van der Waals surface area (Å²) in [6.45, 7) is 9.27. The van der Waals surface area contributed by atoms with Crippen LogP contribution in [0.4, 0.5) is 0 Å². The molecule has 1 aromatic carbocycles. The van der Waals surface area contributed by atoms with Crippen molar-refractivity contribution in [1.82, 2.24) is 10.2 Å². The summed E-state index contributed by atoms with van der Waals surface area (Å²) in [4.78, 5) is 2.71. The SMILES string of the molecule is Cc1ccccc1CN1CCNCC1(C)C1CC1. The fourth-order valence-electron chi connectivity index (χ4n) is 3.28. The lowest BCUT2D eigenvalue weighted by atomic mass is 9.90. The van der Waals surface area contributed by atoms with E-state index >= 15 is 0 Å². The van der Waals surface area contributed by atoms with Gasteiger partial charge in [0, 0.05) is 31.7 Å². The first kappa shape index (κ1) is 12.2. The van der Waals surface area contributed by atoms with Crippen molar-refractivity contribution in [2.75, 3.05) is 19.6 Å². The molecule has 1 heterocycles. The Hall–Kier alpha value is -0.860. The van der Waals surface area contributed by atoms with Gasteiger partial charge in [0.2, 0.25) is 0 Å². The fraction of sp³-hybridized carbons (Fsp3) is 0.625. The van der Waals surface area contributed by atoms with Crippen molar-refractivity contribution in [2.45, 2.75) is 38.8 Å². The Labute approximate surface area is 110 Å². The highest BCUT2D eigenvalue weighted by Crippen LogP contribution is 2.44. The molecule has 1 N–H and O–H groups in total. The number of piperazine rings is 1. The lowest BCUT2D eigenvalue weighted by molar-refractivity contribution is 0.0483. The standard InChI is InChI=1S/C16H24N2/c1-13-5-3-4-6-14(13)11-18-10-9-17-12-16(18,2)15-7-8-15/h3-6,15,17H,7-12H2,1-2H3. The number of nitrogens with one attached hydrogen (secondary N) is 1. The second-order valence-corrected chi connectivity index (χ2v) is 6.16. The molecule has 1 atom stereocenters. The van der Waals surface area contributed by atoms with E-state index in [1.54, 1.807) is 0 Å². The van der Waals surface area contributed by atoms with Crippen LogP contribution in [0.3, 0.4) is 0 Å². The van der Waals surface area contributed by atoms with Gasteiger partial charge in [-0.1, -0.05) is 24.3 Å². The third kappa shape index (κ3) is 2.19. The van der Waals surface area contributed by atoms with Crippen LogP contribution in [0.25, 0.3) is 0 Å². The summed E-state index contributed by atoms with van der Waals surface area (Å²) in [5.74, 6) is 0.911. The monoisotopic (exact) mass is 244 g/mol. The minimum atomic E-state index is 0.376. The Kier molecular flexibility index (Phi) is 3.16. The van der Waals surface area contributed by atoms with Crippen LogP contribution in [-0.2, 0) is 6.54 Å². The predicted octanol–water partition coefficient (Wildman–Crippen LogP) is 2.57. The summed E-state index contributed by atoms with van der Waals surface area (Å²) in [5.41, 5.74) is 3.29. The smallest absolute Gasteiger partial charge is 0.0337 e. The van der Waals surface area contributed by atoms with E-state index in [9.17, 15) is 0 Å². The second-order valence-electron chi connectivity index (χ2n) is 6.16. The van der Waals surface area contributed by atoms with Crippen LogP contribution in [0.2, 0.25) is 0 Å². The van der Waals surface area contributed by atoms with Crippen LogP contribution in [0.1, 0.15) is 30.9 Å². The number of hydrogen-bond donors (Lipinski definition) is 1. The van der Waals surface area contributed by atoms with Gasteiger partial charge >= 0.3 is 0 Å². The summed E-state index contributed by atoms with van der Waals surface area (Å²) >= 11 is 0. The van der Waals surface area contributed by atoms with Gasteiger partial charge in [0.1, 0.15) is 0 Å². The van der Waals surface area contributed by atoms with Crippen LogP contribution in [0.5, 0.6) is 0 Å². The number of benzene rings is 1. The molecule has 1 saturated heterocycles. The summed E-state index contributed by atoms with van der Waals surface area (Å²) in [7, 11) is 0. The van der Waals surface area contributed by atoms with E-state index in [-0.39, 0.29) is 0 Å². The predicted molar refractivity (Wildman–Crippen MR) is 75.6 cm³/mol. The van der Waals surface area contributed by atoms with E-state index in [2.05, 4.69) is 48.3 Å². The minimum Gasteiger partial charge on any atom is -0.314 e. The molecular weight excluding hydrogens is 220 g/mol. The van der Waals surface area contributed by atoms with Crippen molar-refractivity contribution < 1.29 is 0 Å². The van der Waals surface area contributed by atoms with E-state index in [0.717, 1.165) is 25.6 Å². The van der Waals surface area contributed by atoms with E-state index < -0.39 is 0 Å². The van der Waals surface area contributed by atoms with Crippen LogP contribution < -0.4 is 5.32 Å². The van der Waals surface area contributed by atoms with Gasteiger partial charge in [-0.3, -0.25) is 4.90 Å². The molecule has 0 radical (unpaired) electrons. The summed E-state index contributed by atoms with van der Waals surface area (Å²) in [5, 5.41) is 3.59. The first-order valence-electron chi connectivity index (χ1n) is 7.20. The maximum Gasteiger partial charge on any atom is 0.0337 e. The molecule has 3 rings (SSSR count). The third-order valence-corrected chi connectivity index (χ3v) is 4.84. The zero-order valence-corrected chi connectivity index (χ0v) is 11.6. The Balaban J connectivity index is 1.79. The molecule has 2 fully saturated rings. The first-order chi connectivity index (χ1) is 8.70. The van der Waals surface area contributed by atoms with Crippen molar-refractivity contribution in [3.8, 4) is 0 Å². The van der Waals surface area contributed by atoms with Gasteiger partial charge in [-0.25, -0.2) is 0 Å². The van der Waals surface area contributed by atoms with E-state index in [0.29, 0.717) is 5.54 Å². The Morgan fingerprint density at radius 1 is 1.33 bits per heavy atom. The molecule has 2 aliphatic rings. The largest absolute Gasteiger partial charge is 0.314 e.